The highest BCUT2D eigenvalue weighted by atomic mass is 16.6. The molecule has 4 heteroatoms. The molecule has 1 aromatic carbocycles. The summed E-state index contributed by atoms with van der Waals surface area (Å²) in [6.45, 7) is 4.05. The average Bonchev–Trinajstić information content (AvgIpc) is 2.36. The maximum absolute atomic E-state index is 11.9. The zero-order chi connectivity index (χ0) is 13.5. The van der Waals surface area contributed by atoms with E-state index in [0.717, 1.165) is 6.42 Å². The summed E-state index contributed by atoms with van der Waals surface area (Å²) in [6.07, 6.45) is 0.303. The van der Waals surface area contributed by atoms with Gasteiger partial charge in [-0.25, -0.2) is 4.79 Å². The van der Waals surface area contributed by atoms with Gasteiger partial charge in [-0.15, -0.1) is 0 Å². The summed E-state index contributed by atoms with van der Waals surface area (Å²) in [7, 11) is 1.65. The fourth-order valence-corrected chi connectivity index (χ4v) is 1.71. The number of amides is 1. The maximum Gasteiger partial charge on any atom is 0.415 e. The van der Waals surface area contributed by atoms with Gasteiger partial charge in [-0.05, 0) is 24.5 Å². The summed E-state index contributed by atoms with van der Waals surface area (Å²) in [6, 6.07) is 8.71. The van der Waals surface area contributed by atoms with Crippen molar-refractivity contribution in [1.82, 2.24) is 4.90 Å². The van der Waals surface area contributed by atoms with E-state index in [1.807, 2.05) is 6.07 Å². The molecular weight excluding hydrogens is 230 g/mol. The van der Waals surface area contributed by atoms with Crippen LogP contribution in [0, 0.1) is 5.92 Å². The van der Waals surface area contributed by atoms with E-state index in [1.54, 1.807) is 31.3 Å². The standard InChI is InChI=1S/C14H21NO3/c1-11(2)9-12(10-16)15(3)14(17)18-13-7-5-4-6-8-13/h4-8,11-12,16H,9-10H2,1-3H3. The highest BCUT2D eigenvalue weighted by molar-refractivity contribution is 5.70. The Morgan fingerprint density at radius 1 is 1.33 bits per heavy atom. The number of benzene rings is 1. The van der Waals surface area contributed by atoms with Crippen molar-refractivity contribution in [2.45, 2.75) is 26.3 Å². The topological polar surface area (TPSA) is 49.8 Å². The molecule has 1 amide bonds. The first-order valence-corrected chi connectivity index (χ1v) is 6.15. The van der Waals surface area contributed by atoms with Crippen molar-refractivity contribution in [3.63, 3.8) is 0 Å². The Balaban J connectivity index is 2.59. The van der Waals surface area contributed by atoms with Crippen LogP contribution < -0.4 is 4.74 Å². The fraction of sp³-hybridized carbons (Fsp3) is 0.500. The summed E-state index contributed by atoms with van der Waals surface area (Å²) in [5.74, 6) is 0.921. The number of hydrogen-bond donors (Lipinski definition) is 1. The molecule has 1 rings (SSSR count). The summed E-state index contributed by atoms with van der Waals surface area (Å²) < 4.78 is 5.22. The average molecular weight is 251 g/mol. The molecule has 0 heterocycles. The van der Waals surface area contributed by atoms with Crippen LogP contribution in [0.1, 0.15) is 20.3 Å². The number of aliphatic hydroxyl groups is 1. The van der Waals surface area contributed by atoms with Crippen LogP contribution in [0.2, 0.25) is 0 Å². The molecular formula is C14H21NO3. The van der Waals surface area contributed by atoms with Gasteiger partial charge in [0.2, 0.25) is 0 Å². The lowest BCUT2D eigenvalue weighted by Gasteiger charge is -2.27. The summed E-state index contributed by atoms with van der Waals surface area (Å²) in [4.78, 5) is 13.3. The highest BCUT2D eigenvalue weighted by Gasteiger charge is 2.21. The van der Waals surface area contributed by atoms with Crippen molar-refractivity contribution in [2.24, 2.45) is 5.92 Å². The quantitative estimate of drug-likeness (QED) is 0.874. The van der Waals surface area contributed by atoms with E-state index in [2.05, 4.69) is 13.8 Å². The molecule has 0 radical (unpaired) electrons. The van der Waals surface area contributed by atoms with Gasteiger partial charge in [-0.2, -0.15) is 0 Å². The molecule has 0 aliphatic heterocycles. The van der Waals surface area contributed by atoms with Gasteiger partial charge in [0, 0.05) is 7.05 Å². The Hall–Kier alpha value is -1.55. The van der Waals surface area contributed by atoms with E-state index in [1.165, 1.54) is 4.90 Å². The number of ether oxygens (including phenoxy) is 1. The number of para-hydroxylation sites is 1. The van der Waals surface area contributed by atoms with Crippen molar-refractivity contribution in [3.05, 3.63) is 30.3 Å². The third kappa shape index (κ3) is 4.37. The van der Waals surface area contributed by atoms with Gasteiger partial charge in [0.25, 0.3) is 0 Å². The van der Waals surface area contributed by atoms with E-state index >= 15 is 0 Å². The van der Waals surface area contributed by atoms with Gasteiger partial charge in [0.15, 0.2) is 0 Å². The fourth-order valence-electron chi connectivity index (χ4n) is 1.71. The van der Waals surface area contributed by atoms with Gasteiger partial charge in [-0.3, -0.25) is 0 Å². The van der Waals surface area contributed by atoms with Crippen molar-refractivity contribution < 1.29 is 14.6 Å². The number of carbonyl (C=O) groups is 1. The number of aliphatic hydroxyl groups excluding tert-OH is 1. The van der Waals surface area contributed by atoms with Gasteiger partial charge >= 0.3 is 6.09 Å². The molecule has 0 saturated heterocycles. The Labute approximate surface area is 108 Å². The molecule has 0 aromatic heterocycles. The van der Waals surface area contributed by atoms with Crippen LogP contribution in [-0.4, -0.2) is 35.8 Å². The summed E-state index contributed by atoms with van der Waals surface area (Å²) in [5, 5.41) is 9.31. The van der Waals surface area contributed by atoms with Gasteiger partial charge in [0.1, 0.15) is 5.75 Å². The normalized spacial score (nSPS) is 12.3. The monoisotopic (exact) mass is 251 g/mol. The first-order chi connectivity index (χ1) is 8.54. The third-order valence-corrected chi connectivity index (χ3v) is 2.74. The number of likely N-dealkylation sites (N-methyl/N-ethyl adjacent to an activating group) is 1. The molecule has 0 saturated carbocycles. The molecule has 100 valence electrons. The Kier molecular flexibility index (Phi) is 5.65. The van der Waals surface area contributed by atoms with Crippen LogP contribution in [0.5, 0.6) is 5.75 Å². The molecule has 18 heavy (non-hydrogen) atoms. The summed E-state index contributed by atoms with van der Waals surface area (Å²) in [5.41, 5.74) is 0. The van der Waals surface area contributed by atoms with Crippen LogP contribution >= 0.6 is 0 Å². The van der Waals surface area contributed by atoms with Gasteiger partial charge in [0.05, 0.1) is 12.6 Å². The van der Waals surface area contributed by atoms with Gasteiger partial charge in [-0.1, -0.05) is 32.0 Å². The van der Waals surface area contributed by atoms with E-state index in [4.69, 9.17) is 4.74 Å². The SMILES string of the molecule is CC(C)CC(CO)N(C)C(=O)Oc1ccccc1. The Bertz CT molecular complexity index is 365. The predicted octanol–water partition coefficient (Wildman–Crippen LogP) is 2.52. The van der Waals surface area contributed by atoms with Crippen LogP contribution in [0.3, 0.4) is 0 Å². The smallest absolute Gasteiger partial charge is 0.410 e. The van der Waals surface area contributed by atoms with Crippen molar-refractivity contribution >= 4 is 6.09 Å². The second kappa shape index (κ2) is 7.01. The Morgan fingerprint density at radius 3 is 2.44 bits per heavy atom. The number of nitrogens with zero attached hydrogens (tertiary/aromatic N) is 1. The van der Waals surface area contributed by atoms with E-state index in [0.29, 0.717) is 11.7 Å². The molecule has 0 fully saturated rings. The van der Waals surface area contributed by atoms with E-state index < -0.39 is 6.09 Å². The minimum atomic E-state index is -0.444. The largest absolute Gasteiger partial charge is 0.415 e. The third-order valence-electron chi connectivity index (χ3n) is 2.74. The lowest BCUT2D eigenvalue weighted by molar-refractivity contribution is 0.109. The van der Waals surface area contributed by atoms with Crippen molar-refractivity contribution in [1.29, 1.82) is 0 Å². The van der Waals surface area contributed by atoms with Crippen molar-refractivity contribution in [3.8, 4) is 5.75 Å². The molecule has 1 N–H and O–H groups in total. The first kappa shape index (κ1) is 14.5. The van der Waals surface area contributed by atoms with E-state index in [9.17, 15) is 9.90 Å². The molecule has 0 spiro atoms. The molecule has 1 aromatic rings. The Morgan fingerprint density at radius 2 is 1.94 bits per heavy atom. The van der Waals surface area contributed by atoms with Crippen molar-refractivity contribution in [2.75, 3.05) is 13.7 Å². The number of hydrogen-bond acceptors (Lipinski definition) is 3. The minimum Gasteiger partial charge on any atom is -0.410 e. The molecule has 4 nitrogen and oxygen atoms in total. The second-order valence-corrected chi connectivity index (χ2v) is 4.76. The lowest BCUT2D eigenvalue weighted by atomic mass is 10.0. The maximum atomic E-state index is 11.9. The van der Waals surface area contributed by atoms with Gasteiger partial charge < -0.3 is 14.7 Å². The summed E-state index contributed by atoms with van der Waals surface area (Å²) >= 11 is 0. The van der Waals surface area contributed by atoms with Crippen LogP contribution in [0.25, 0.3) is 0 Å². The second-order valence-electron chi connectivity index (χ2n) is 4.76. The predicted molar refractivity (Wildman–Crippen MR) is 70.6 cm³/mol. The lowest BCUT2D eigenvalue weighted by Crippen LogP contribution is -2.41. The molecule has 0 aliphatic rings. The zero-order valence-corrected chi connectivity index (χ0v) is 11.2. The molecule has 1 unspecified atom stereocenters. The van der Waals surface area contributed by atoms with Crippen LogP contribution in [0.15, 0.2) is 30.3 Å². The van der Waals surface area contributed by atoms with E-state index in [-0.39, 0.29) is 12.6 Å². The molecule has 0 bridgehead atoms. The van der Waals surface area contributed by atoms with Crippen LogP contribution in [0.4, 0.5) is 4.79 Å². The molecule has 1 atom stereocenters. The van der Waals surface area contributed by atoms with Crippen LogP contribution in [-0.2, 0) is 0 Å². The molecule has 0 aliphatic carbocycles. The number of rotatable bonds is 5. The highest BCUT2D eigenvalue weighted by Crippen LogP contribution is 2.14. The first-order valence-electron chi connectivity index (χ1n) is 6.15. The zero-order valence-electron chi connectivity index (χ0n) is 11.2. The minimum absolute atomic E-state index is 0.0570. The number of carbonyl (C=O) groups excluding carboxylic acids is 1.